The Kier molecular flexibility index (Phi) is 4.57. The molecule has 0 aliphatic carbocycles. The molecule has 4 rings (SSSR count). The van der Waals surface area contributed by atoms with Crippen LogP contribution in [-0.2, 0) is 0 Å². The SMILES string of the molecule is Cc1cc(C(=O)N2CCC(c3cc(C4CCNCC4)n[nH]3)CC2)on1. The average molecular weight is 343 g/mol. The highest BCUT2D eigenvalue weighted by atomic mass is 16.5. The van der Waals surface area contributed by atoms with Gasteiger partial charge in [0.05, 0.1) is 11.4 Å². The van der Waals surface area contributed by atoms with Crippen molar-refractivity contribution in [1.82, 2.24) is 25.6 Å². The molecule has 0 unspecified atom stereocenters. The molecule has 134 valence electrons. The van der Waals surface area contributed by atoms with Gasteiger partial charge in [0, 0.05) is 36.7 Å². The lowest BCUT2D eigenvalue weighted by Gasteiger charge is -2.30. The van der Waals surface area contributed by atoms with Crippen LogP contribution in [-0.4, -0.2) is 52.3 Å². The molecule has 0 bridgehead atoms. The highest BCUT2D eigenvalue weighted by Crippen LogP contribution is 2.31. The van der Waals surface area contributed by atoms with Gasteiger partial charge in [-0.25, -0.2) is 0 Å². The number of nitrogens with zero attached hydrogens (tertiary/aromatic N) is 3. The van der Waals surface area contributed by atoms with Crippen LogP contribution in [0, 0.1) is 6.92 Å². The topological polar surface area (TPSA) is 87.0 Å². The Hall–Kier alpha value is -2.15. The molecule has 7 nitrogen and oxygen atoms in total. The fourth-order valence-electron chi connectivity index (χ4n) is 3.90. The zero-order valence-electron chi connectivity index (χ0n) is 14.6. The van der Waals surface area contributed by atoms with Crippen molar-refractivity contribution < 1.29 is 9.32 Å². The molecular weight excluding hydrogens is 318 g/mol. The molecule has 2 aliphatic rings. The summed E-state index contributed by atoms with van der Waals surface area (Å²) in [5.41, 5.74) is 3.16. The maximum absolute atomic E-state index is 12.4. The molecule has 1 amide bonds. The Bertz CT molecular complexity index is 723. The van der Waals surface area contributed by atoms with Gasteiger partial charge in [0.15, 0.2) is 0 Å². The predicted octanol–water partition coefficient (Wildman–Crippen LogP) is 2.19. The molecule has 25 heavy (non-hydrogen) atoms. The number of rotatable bonds is 3. The van der Waals surface area contributed by atoms with Gasteiger partial charge in [-0.05, 0) is 51.8 Å². The van der Waals surface area contributed by atoms with Crippen LogP contribution in [0.3, 0.4) is 0 Å². The molecule has 2 fully saturated rings. The van der Waals surface area contributed by atoms with Gasteiger partial charge >= 0.3 is 0 Å². The fraction of sp³-hybridized carbons (Fsp3) is 0.611. The Morgan fingerprint density at radius 3 is 2.60 bits per heavy atom. The van der Waals surface area contributed by atoms with Crippen LogP contribution in [0.5, 0.6) is 0 Å². The van der Waals surface area contributed by atoms with E-state index in [0.717, 1.165) is 57.6 Å². The molecule has 2 aliphatic heterocycles. The fourth-order valence-corrected chi connectivity index (χ4v) is 3.90. The molecular formula is C18H25N5O2. The zero-order chi connectivity index (χ0) is 17.2. The lowest BCUT2D eigenvalue weighted by atomic mass is 9.90. The molecule has 0 spiro atoms. The van der Waals surface area contributed by atoms with Crippen molar-refractivity contribution >= 4 is 5.91 Å². The Balaban J connectivity index is 1.35. The third-order valence-electron chi connectivity index (χ3n) is 5.44. The summed E-state index contributed by atoms with van der Waals surface area (Å²) in [4.78, 5) is 14.3. The third kappa shape index (κ3) is 3.46. The number of aromatic nitrogens is 3. The van der Waals surface area contributed by atoms with Gasteiger partial charge in [-0.1, -0.05) is 5.16 Å². The predicted molar refractivity (Wildman–Crippen MR) is 92.6 cm³/mol. The highest BCUT2D eigenvalue weighted by molar-refractivity contribution is 5.91. The van der Waals surface area contributed by atoms with Crippen molar-refractivity contribution in [3.63, 3.8) is 0 Å². The first kappa shape index (κ1) is 16.3. The molecule has 2 aromatic heterocycles. The highest BCUT2D eigenvalue weighted by Gasteiger charge is 2.28. The van der Waals surface area contributed by atoms with E-state index < -0.39 is 0 Å². The summed E-state index contributed by atoms with van der Waals surface area (Å²) >= 11 is 0. The average Bonchev–Trinajstić information content (AvgIpc) is 3.31. The van der Waals surface area contributed by atoms with Crippen molar-refractivity contribution in [3.8, 4) is 0 Å². The Morgan fingerprint density at radius 2 is 1.92 bits per heavy atom. The monoisotopic (exact) mass is 343 g/mol. The van der Waals surface area contributed by atoms with Crippen LogP contribution in [0.2, 0.25) is 0 Å². The lowest BCUT2D eigenvalue weighted by molar-refractivity contribution is 0.0670. The minimum atomic E-state index is -0.0564. The summed E-state index contributed by atoms with van der Waals surface area (Å²) < 4.78 is 5.10. The molecule has 4 heterocycles. The summed E-state index contributed by atoms with van der Waals surface area (Å²) in [5.74, 6) is 1.30. The van der Waals surface area contributed by atoms with Gasteiger partial charge in [-0.2, -0.15) is 5.10 Å². The van der Waals surface area contributed by atoms with Crippen LogP contribution in [0.25, 0.3) is 0 Å². The number of aryl methyl sites for hydroxylation is 1. The second-order valence-corrected chi connectivity index (χ2v) is 7.17. The summed E-state index contributed by atoms with van der Waals surface area (Å²) in [6.07, 6.45) is 4.22. The lowest BCUT2D eigenvalue weighted by Crippen LogP contribution is -2.37. The van der Waals surface area contributed by atoms with E-state index in [1.54, 1.807) is 6.07 Å². The van der Waals surface area contributed by atoms with Gasteiger partial charge in [0.2, 0.25) is 5.76 Å². The molecule has 0 saturated carbocycles. The zero-order valence-corrected chi connectivity index (χ0v) is 14.6. The standard InChI is InChI=1S/C18H25N5O2/c1-12-10-17(25-22-12)18(24)23-8-4-14(5-9-23)16-11-15(20-21-16)13-2-6-19-7-3-13/h10-11,13-14,19H,2-9H2,1H3,(H,20,21). The molecule has 2 aromatic rings. The number of hydrogen-bond acceptors (Lipinski definition) is 5. The minimum absolute atomic E-state index is 0.0564. The number of hydrogen-bond donors (Lipinski definition) is 2. The first-order chi connectivity index (χ1) is 12.2. The minimum Gasteiger partial charge on any atom is -0.351 e. The summed E-state index contributed by atoms with van der Waals surface area (Å²) in [5, 5.41) is 15.0. The van der Waals surface area contributed by atoms with Crippen LogP contribution < -0.4 is 5.32 Å². The second kappa shape index (κ2) is 7.00. The van der Waals surface area contributed by atoms with Crippen molar-refractivity contribution in [2.45, 2.75) is 44.4 Å². The van der Waals surface area contributed by atoms with Crippen molar-refractivity contribution in [2.24, 2.45) is 0 Å². The first-order valence-electron chi connectivity index (χ1n) is 9.19. The number of amides is 1. The smallest absolute Gasteiger partial charge is 0.292 e. The first-order valence-corrected chi connectivity index (χ1v) is 9.19. The number of carbonyl (C=O) groups excluding carboxylic acids is 1. The largest absolute Gasteiger partial charge is 0.351 e. The number of piperidine rings is 2. The Morgan fingerprint density at radius 1 is 1.16 bits per heavy atom. The third-order valence-corrected chi connectivity index (χ3v) is 5.44. The summed E-state index contributed by atoms with van der Waals surface area (Å²) in [6.45, 7) is 5.46. The van der Waals surface area contributed by atoms with E-state index in [1.165, 1.54) is 11.4 Å². The normalized spacial score (nSPS) is 20.1. The second-order valence-electron chi connectivity index (χ2n) is 7.17. The van der Waals surface area contributed by atoms with E-state index in [2.05, 4.69) is 26.7 Å². The number of aromatic amines is 1. The van der Waals surface area contributed by atoms with E-state index in [1.807, 2.05) is 11.8 Å². The van der Waals surface area contributed by atoms with Gasteiger partial charge in [-0.3, -0.25) is 9.89 Å². The number of nitrogens with one attached hydrogen (secondary N) is 2. The van der Waals surface area contributed by atoms with Crippen molar-refractivity contribution in [1.29, 1.82) is 0 Å². The van der Waals surface area contributed by atoms with E-state index in [4.69, 9.17) is 4.52 Å². The van der Waals surface area contributed by atoms with E-state index in [-0.39, 0.29) is 5.91 Å². The van der Waals surface area contributed by atoms with E-state index in [0.29, 0.717) is 17.6 Å². The summed E-state index contributed by atoms with van der Waals surface area (Å²) in [6, 6.07) is 3.95. The van der Waals surface area contributed by atoms with Gasteiger partial charge in [0.25, 0.3) is 5.91 Å². The van der Waals surface area contributed by atoms with Crippen molar-refractivity contribution in [2.75, 3.05) is 26.2 Å². The van der Waals surface area contributed by atoms with Gasteiger partial charge in [0.1, 0.15) is 0 Å². The van der Waals surface area contributed by atoms with Crippen LogP contribution >= 0.6 is 0 Å². The number of H-pyrrole nitrogens is 1. The maximum atomic E-state index is 12.4. The molecule has 2 N–H and O–H groups in total. The van der Waals surface area contributed by atoms with Gasteiger partial charge < -0.3 is 14.7 Å². The van der Waals surface area contributed by atoms with E-state index in [9.17, 15) is 4.79 Å². The number of likely N-dealkylation sites (tertiary alicyclic amines) is 1. The van der Waals surface area contributed by atoms with Gasteiger partial charge in [-0.15, -0.1) is 0 Å². The molecule has 0 aromatic carbocycles. The van der Waals surface area contributed by atoms with E-state index >= 15 is 0 Å². The molecule has 7 heteroatoms. The van der Waals surface area contributed by atoms with Crippen LogP contribution in [0.15, 0.2) is 16.7 Å². The number of carbonyl (C=O) groups is 1. The Labute approximate surface area is 147 Å². The summed E-state index contributed by atoms with van der Waals surface area (Å²) in [7, 11) is 0. The quantitative estimate of drug-likeness (QED) is 0.892. The van der Waals surface area contributed by atoms with Crippen molar-refractivity contribution in [3.05, 3.63) is 35.0 Å². The molecule has 0 radical (unpaired) electrons. The van der Waals surface area contributed by atoms with Crippen LogP contribution in [0.4, 0.5) is 0 Å². The maximum Gasteiger partial charge on any atom is 0.292 e. The molecule has 2 saturated heterocycles. The molecule has 0 atom stereocenters. The van der Waals surface area contributed by atoms with Crippen LogP contribution in [0.1, 0.15) is 65.2 Å².